The highest BCUT2D eigenvalue weighted by Gasteiger charge is 2.35. The first-order chi connectivity index (χ1) is 29.1. The molecule has 0 heterocycles. The predicted molar refractivity (Wildman–Crippen MR) is 230 cm³/mol. The molecule has 8 aromatic carbocycles. The van der Waals surface area contributed by atoms with Crippen molar-refractivity contribution in [3.8, 4) is 46.0 Å². The van der Waals surface area contributed by atoms with Crippen molar-refractivity contribution in [2.45, 2.75) is 23.7 Å². The van der Waals surface area contributed by atoms with Gasteiger partial charge in [0.25, 0.3) is 5.75 Å². The highest BCUT2D eigenvalue weighted by atomic mass is 16.3. The van der Waals surface area contributed by atoms with E-state index in [1.807, 2.05) is 121 Å². The fourth-order valence-corrected chi connectivity index (χ4v) is 9.00. The van der Waals surface area contributed by atoms with Crippen LogP contribution < -0.4 is 0 Å². The molecular weight excluding hydrogens is 753 g/mol. The summed E-state index contributed by atoms with van der Waals surface area (Å²) in [5.74, 6) is -5.21. The van der Waals surface area contributed by atoms with Gasteiger partial charge >= 0.3 is 0 Å². The van der Waals surface area contributed by atoms with Crippen LogP contribution in [0.4, 0.5) is 0 Å². The summed E-state index contributed by atoms with van der Waals surface area (Å²) in [7, 11) is 0. The first-order valence-electron chi connectivity index (χ1n) is 19.5. The smallest absolute Gasteiger partial charge is 0.261 e. The van der Waals surface area contributed by atoms with E-state index in [2.05, 4.69) is 0 Å². The van der Waals surface area contributed by atoms with Crippen LogP contribution in [0.5, 0.6) is 46.0 Å². The van der Waals surface area contributed by atoms with Gasteiger partial charge in [0.2, 0.25) is 0 Å². The maximum absolute atomic E-state index is 11.9. The van der Waals surface area contributed by atoms with Gasteiger partial charge in [-0.3, -0.25) is 0 Å². The number of fused-ring (bicyclic) bond motifs is 8. The van der Waals surface area contributed by atoms with Crippen molar-refractivity contribution in [3.63, 3.8) is 0 Å². The summed E-state index contributed by atoms with van der Waals surface area (Å²) in [6.07, 6.45) is 0. The van der Waals surface area contributed by atoms with Crippen molar-refractivity contribution in [2.24, 2.45) is 0 Å². The van der Waals surface area contributed by atoms with E-state index in [1.54, 1.807) is 24.3 Å². The fourth-order valence-electron chi connectivity index (χ4n) is 9.00. The first-order valence-corrected chi connectivity index (χ1v) is 19.5. The molecule has 1 aliphatic rings. The average molecular weight is 794 g/mol. The Balaban J connectivity index is 1.47. The first kappa shape index (κ1) is 37.7. The van der Waals surface area contributed by atoms with E-state index in [0.29, 0.717) is 66.8 Å². The number of hydrogen-bond acceptors (Lipinski definition) is 7. The molecule has 0 radical (unpaired) electrons. The van der Waals surface area contributed by atoms with Gasteiger partial charge in [0, 0.05) is 80.8 Å². The minimum absolute atomic E-state index is 0.0211. The zero-order chi connectivity index (χ0) is 41.7. The highest BCUT2D eigenvalue weighted by molar-refractivity contribution is 5.67. The Morgan fingerprint density at radius 3 is 0.700 bits per heavy atom. The number of phenols is 7. The van der Waals surface area contributed by atoms with Crippen LogP contribution in [0.1, 0.15) is 90.4 Å². The van der Waals surface area contributed by atoms with E-state index in [-0.39, 0.29) is 46.0 Å². The third kappa shape index (κ3) is 6.54. The molecule has 0 fully saturated rings. The molecule has 0 saturated heterocycles. The Labute approximate surface area is 346 Å². The van der Waals surface area contributed by atoms with E-state index in [1.165, 1.54) is 24.3 Å². The predicted octanol–water partition coefficient (Wildman–Crippen LogP) is 10.1. The summed E-state index contributed by atoms with van der Waals surface area (Å²) in [4.78, 5) is 0. The topological polar surface area (TPSA) is 165 Å². The quantitative estimate of drug-likeness (QED) is 0.0872. The summed E-state index contributed by atoms with van der Waals surface area (Å²) in [6.45, 7) is 0. The van der Waals surface area contributed by atoms with Crippen LogP contribution in [0, 0.1) is 0 Å². The number of benzene rings is 8. The van der Waals surface area contributed by atoms with E-state index in [0.717, 1.165) is 0 Å². The van der Waals surface area contributed by atoms with Gasteiger partial charge in [-0.2, -0.15) is 0 Å². The molecule has 8 bridgehead atoms. The molecule has 60 heavy (non-hydrogen) atoms. The van der Waals surface area contributed by atoms with Gasteiger partial charge < -0.3 is 40.9 Å². The minimum atomic E-state index is -0.878. The third-order valence-corrected chi connectivity index (χ3v) is 11.7. The van der Waals surface area contributed by atoms with Crippen LogP contribution in [0.15, 0.2) is 170 Å². The van der Waals surface area contributed by atoms with Gasteiger partial charge in [-0.05, 0) is 46.5 Å². The molecule has 0 aromatic heterocycles. The largest absolute Gasteiger partial charge is 0.593 e. The molecule has 0 amide bonds. The zero-order valence-electron chi connectivity index (χ0n) is 32.1. The molecule has 4 unspecified atom stereocenters. The molecular formula is C52H41O8+. The van der Waals surface area contributed by atoms with Crippen LogP contribution in [0.3, 0.4) is 0 Å². The minimum Gasteiger partial charge on any atom is -0.593 e. The lowest BCUT2D eigenvalue weighted by molar-refractivity contribution is 0.431. The number of hydrogen-bond donors (Lipinski definition) is 7. The van der Waals surface area contributed by atoms with E-state index >= 15 is 0 Å². The third-order valence-electron chi connectivity index (χ3n) is 11.7. The standard InChI is InChI=1S/C52H40O8/c53-41-25-43(55)35-21-33(41)49(29-13-5-1-6-14-29)34-22-36(44(56)26-42(34)54)51(31-17-9-3-10-18-31)38-24-40(48(60)28-46(38)58)52(32-19-11-4-12-20-32)39-23-37(45(57)27-47(39)59)50(35)30-15-7-2-8-16-30/h1-28,49-60H/p+1. The van der Waals surface area contributed by atoms with E-state index in [4.69, 9.17) is 0 Å². The van der Waals surface area contributed by atoms with Gasteiger partial charge in [-0.1, -0.05) is 121 Å². The number of rotatable bonds is 4. The molecule has 4 atom stereocenters. The fraction of sp³-hybridized carbons (Fsp3) is 0.0769. The monoisotopic (exact) mass is 793 g/mol. The van der Waals surface area contributed by atoms with E-state index < -0.39 is 23.7 Å². The Morgan fingerprint density at radius 1 is 0.250 bits per heavy atom. The Kier molecular flexibility index (Phi) is 9.53. The van der Waals surface area contributed by atoms with Crippen LogP contribution in [0.2, 0.25) is 0 Å². The molecule has 8 nitrogen and oxygen atoms in total. The lowest BCUT2D eigenvalue weighted by Gasteiger charge is -2.29. The summed E-state index contributed by atoms with van der Waals surface area (Å²) in [6, 6.07) is 49.0. The van der Waals surface area contributed by atoms with Crippen LogP contribution in [-0.2, 0) is 0 Å². The molecule has 0 aliphatic heterocycles. The summed E-state index contributed by atoms with van der Waals surface area (Å²) < 4.78 is 0. The van der Waals surface area contributed by atoms with Crippen molar-refractivity contribution >= 4 is 0 Å². The second-order valence-electron chi connectivity index (χ2n) is 15.3. The molecule has 9 N–H and O–H groups in total. The van der Waals surface area contributed by atoms with Crippen LogP contribution in [0.25, 0.3) is 0 Å². The van der Waals surface area contributed by atoms with E-state index in [9.17, 15) is 40.9 Å². The number of aromatic hydroxyl groups is 7. The molecule has 1 aliphatic carbocycles. The van der Waals surface area contributed by atoms with Crippen molar-refractivity contribution in [3.05, 3.63) is 237 Å². The lowest BCUT2D eigenvalue weighted by Crippen LogP contribution is -2.13. The highest BCUT2D eigenvalue weighted by Crippen LogP contribution is 2.53. The summed E-state index contributed by atoms with van der Waals surface area (Å²) in [5.41, 5.74) is 5.46. The molecule has 0 saturated carbocycles. The maximum Gasteiger partial charge on any atom is 0.261 e. The van der Waals surface area contributed by atoms with Crippen LogP contribution in [-0.4, -0.2) is 40.9 Å². The van der Waals surface area contributed by atoms with Crippen molar-refractivity contribution in [2.75, 3.05) is 0 Å². The Morgan fingerprint density at radius 2 is 0.450 bits per heavy atom. The molecule has 296 valence electrons. The average Bonchev–Trinajstić information content (AvgIpc) is 3.25. The van der Waals surface area contributed by atoms with Gasteiger partial charge in [-0.25, -0.2) is 0 Å². The molecule has 9 rings (SSSR count). The summed E-state index contributed by atoms with van der Waals surface area (Å²) >= 11 is 0. The second-order valence-corrected chi connectivity index (χ2v) is 15.3. The summed E-state index contributed by atoms with van der Waals surface area (Å²) in [5, 5.41) is 92.4. The van der Waals surface area contributed by atoms with Crippen molar-refractivity contribution < 1.29 is 40.9 Å². The van der Waals surface area contributed by atoms with Crippen molar-refractivity contribution in [1.29, 1.82) is 0 Å². The Hall–Kier alpha value is -7.84. The molecule has 8 heteroatoms. The van der Waals surface area contributed by atoms with Gasteiger partial charge in [0.1, 0.15) is 40.2 Å². The second kappa shape index (κ2) is 15.2. The maximum atomic E-state index is 11.9. The molecule has 0 spiro atoms. The van der Waals surface area contributed by atoms with Gasteiger partial charge in [-0.15, -0.1) is 0 Å². The lowest BCUT2D eigenvalue weighted by atomic mass is 9.75. The number of phenolic OH excluding ortho intramolecular Hbond substituents is 7. The van der Waals surface area contributed by atoms with Crippen LogP contribution >= 0.6 is 0 Å². The Bertz CT molecular complexity index is 2370. The van der Waals surface area contributed by atoms with Crippen molar-refractivity contribution in [1.82, 2.24) is 0 Å². The van der Waals surface area contributed by atoms with Gasteiger partial charge in [0.05, 0.1) is 11.6 Å². The normalized spacial score (nSPS) is 17.2. The molecule has 8 aromatic rings. The van der Waals surface area contributed by atoms with Gasteiger partial charge in [0.15, 0.2) is 0 Å². The SMILES string of the molecule is Oc1cc(O)c2cc1C(c1ccccc1)c1cc(c(O)cc1O)C(c1ccccc1)c1cc(c([OH2+])cc1O)C(c1ccccc1)c1cc(c(O)cc1O)C2c1ccccc1. The zero-order valence-corrected chi connectivity index (χ0v) is 32.1.